The maximum atomic E-state index is 11.1. The van der Waals surface area contributed by atoms with Crippen molar-refractivity contribution in [2.45, 2.75) is 45.4 Å². The Morgan fingerprint density at radius 1 is 1.23 bits per heavy atom. The highest BCUT2D eigenvalue weighted by atomic mass is 32.2. The third-order valence-electron chi connectivity index (χ3n) is 2.79. The van der Waals surface area contributed by atoms with Gasteiger partial charge in [0.2, 0.25) is 0 Å². The first kappa shape index (κ1) is 11.0. The molecule has 3 heteroatoms. The second kappa shape index (κ2) is 4.99. The van der Waals surface area contributed by atoms with E-state index in [1.165, 1.54) is 25.7 Å². The summed E-state index contributed by atoms with van der Waals surface area (Å²) < 4.78 is 22.3. The van der Waals surface area contributed by atoms with E-state index in [0.717, 1.165) is 12.8 Å². The Labute approximate surface area is 81.6 Å². The van der Waals surface area contributed by atoms with Crippen molar-refractivity contribution in [1.29, 1.82) is 0 Å². The molecule has 0 saturated carbocycles. The van der Waals surface area contributed by atoms with Crippen molar-refractivity contribution < 1.29 is 8.42 Å². The Balaban J connectivity index is 2.11. The van der Waals surface area contributed by atoms with Crippen LogP contribution in [0.5, 0.6) is 0 Å². The Morgan fingerprint density at radius 3 is 2.54 bits per heavy atom. The highest BCUT2D eigenvalue weighted by molar-refractivity contribution is 7.91. The van der Waals surface area contributed by atoms with Gasteiger partial charge < -0.3 is 0 Å². The van der Waals surface area contributed by atoms with Crippen molar-refractivity contribution in [1.82, 2.24) is 0 Å². The average Bonchev–Trinajstić information content (AvgIpc) is 2.40. The van der Waals surface area contributed by atoms with E-state index in [-0.39, 0.29) is 0 Å². The maximum absolute atomic E-state index is 11.1. The van der Waals surface area contributed by atoms with Gasteiger partial charge in [-0.3, -0.25) is 0 Å². The summed E-state index contributed by atoms with van der Waals surface area (Å²) in [6, 6.07) is 0. The van der Waals surface area contributed by atoms with Crippen LogP contribution in [0.25, 0.3) is 0 Å². The predicted octanol–water partition coefficient (Wildman–Crippen LogP) is 2.39. The van der Waals surface area contributed by atoms with E-state index in [4.69, 9.17) is 0 Å². The molecule has 1 aliphatic rings. The molecule has 0 aromatic heterocycles. The van der Waals surface area contributed by atoms with Gasteiger partial charge in [-0.2, -0.15) is 0 Å². The van der Waals surface area contributed by atoms with Crippen LogP contribution in [-0.4, -0.2) is 19.9 Å². The summed E-state index contributed by atoms with van der Waals surface area (Å²) in [6.45, 7) is 2.19. The molecule has 1 heterocycles. The van der Waals surface area contributed by atoms with Crippen LogP contribution in [0, 0.1) is 5.92 Å². The SMILES string of the molecule is CCCCCCC1CCS(=O)(=O)C1. The van der Waals surface area contributed by atoms with Crippen LogP contribution in [0.2, 0.25) is 0 Å². The molecule has 1 saturated heterocycles. The van der Waals surface area contributed by atoms with Crippen molar-refractivity contribution in [2.24, 2.45) is 5.92 Å². The number of hydrogen-bond donors (Lipinski definition) is 0. The standard InChI is InChI=1S/C10H20O2S/c1-2-3-4-5-6-10-7-8-13(11,12)9-10/h10H,2-9H2,1H3. The summed E-state index contributed by atoms with van der Waals surface area (Å²) in [6.07, 6.45) is 7.07. The van der Waals surface area contributed by atoms with Gasteiger partial charge in [0.05, 0.1) is 11.5 Å². The van der Waals surface area contributed by atoms with Crippen LogP contribution in [0.15, 0.2) is 0 Å². The maximum Gasteiger partial charge on any atom is 0.150 e. The molecule has 0 aromatic rings. The largest absolute Gasteiger partial charge is 0.229 e. The van der Waals surface area contributed by atoms with Gasteiger partial charge in [0.15, 0.2) is 9.84 Å². The van der Waals surface area contributed by atoms with Gasteiger partial charge in [-0.05, 0) is 18.8 Å². The molecular weight excluding hydrogens is 184 g/mol. The molecule has 0 spiro atoms. The highest BCUT2D eigenvalue weighted by Crippen LogP contribution is 2.23. The van der Waals surface area contributed by atoms with Gasteiger partial charge in [0, 0.05) is 0 Å². The second-order valence-corrected chi connectivity index (χ2v) is 6.35. The molecule has 13 heavy (non-hydrogen) atoms. The third kappa shape index (κ3) is 4.12. The van der Waals surface area contributed by atoms with Crippen molar-refractivity contribution in [3.05, 3.63) is 0 Å². The molecule has 1 rings (SSSR count). The molecular formula is C10H20O2S. The monoisotopic (exact) mass is 204 g/mol. The summed E-state index contributed by atoms with van der Waals surface area (Å²) >= 11 is 0. The van der Waals surface area contributed by atoms with Crippen molar-refractivity contribution in [3.63, 3.8) is 0 Å². The Kier molecular flexibility index (Phi) is 4.23. The predicted molar refractivity (Wildman–Crippen MR) is 55.5 cm³/mol. The van der Waals surface area contributed by atoms with Gasteiger partial charge in [0.25, 0.3) is 0 Å². The minimum Gasteiger partial charge on any atom is -0.229 e. The zero-order chi connectivity index (χ0) is 9.73. The van der Waals surface area contributed by atoms with E-state index in [0.29, 0.717) is 17.4 Å². The number of hydrogen-bond acceptors (Lipinski definition) is 2. The fraction of sp³-hybridized carbons (Fsp3) is 1.00. The number of unbranched alkanes of at least 4 members (excludes halogenated alkanes) is 3. The summed E-state index contributed by atoms with van der Waals surface area (Å²) in [4.78, 5) is 0. The molecule has 0 bridgehead atoms. The number of sulfone groups is 1. The van der Waals surface area contributed by atoms with E-state index in [2.05, 4.69) is 6.92 Å². The molecule has 78 valence electrons. The summed E-state index contributed by atoms with van der Waals surface area (Å²) in [5.74, 6) is 1.37. The first-order valence-corrected chi connectivity index (χ1v) is 7.16. The molecule has 2 nitrogen and oxygen atoms in total. The van der Waals surface area contributed by atoms with Gasteiger partial charge >= 0.3 is 0 Å². The summed E-state index contributed by atoms with van der Waals surface area (Å²) in [5.41, 5.74) is 0. The summed E-state index contributed by atoms with van der Waals surface area (Å²) in [7, 11) is -2.64. The lowest BCUT2D eigenvalue weighted by Crippen LogP contribution is -2.04. The lowest BCUT2D eigenvalue weighted by Gasteiger charge is -2.05. The molecule has 1 unspecified atom stereocenters. The van der Waals surface area contributed by atoms with Crippen LogP contribution in [0.3, 0.4) is 0 Å². The first-order valence-electron chi connectivity index (χ1n) is 5.34. The highest BCUT2D eigenvalue weighted by Gasteiger charge is 2.26. The Hall–Kier alpha value is -0.0500. The molecule has 0 N–H and O–H groups in total. The molecule has 0 amide bonds. The summed E-state index contributed by atoms with van der Waals surface area (Å²) in [5, 5.41) is 0. The molecule has 0 radical (unpaired) electrons. The van der Waals surface area contributed by atoms with Crippen molar-refractivity contribution >= 4 is 9.84 Å². The van der Waals surface area contributed by atoms with Gasteiger partial charge in [-0.15, -0.1) is 0 Å². The molecule has 0 aromatic carbocycles. The third-order valence-corrected chi connectivity index (χ3v) is 4.63. The van der Waals surface area contributed by atoms with Crippen LogP contribution >= 0.6 is 0 Å². The van der Waals surface area contributed by atoms with Gasteiger partial charge in [-0.25, -0.2) is 8.42 Å². The minimum absolute atomic E-state index is 0.436. The zero-order valence-corrected chi connectivity index (χ0v) is 9.28. The van der Waals surface area contributed by atoms with E-state index >= 15 is 0 Å². The topological polar surface area (TPSA) is 34.1 Å². The quantitative estimate of drug-likeness (QED) is 0.644. The van der Waals surface area contributed by atoms with Crippen molar-refractivity contribution in [3.8, 4) is 0 Å². The molecule has 1 fully saturated rings. The minimum atomic E-state index is -2.64. The Bertz CT molecular complexity index is 231. The lowest BCUT2D eigenvalue weighted by atomic mass is 10.0. The normalized spacial score (nSPS) is 26.4. The van der Waals surface area contributed by atoms with E-state index in [1.54, 1.807) is 0 Å². The molecule has 1 atom stereocenters. The average molecular weight is 204 g/mol. The lowest BCUT2D eigenvalue weighted by molar-refractivity contribution is 0.497. The van der Waals surface area contributed by atoms with E-state index in [9.17, 15) is 8.42 Å². The fourth-order valence-corrected chi connectivity index (χ4v) is 3.87. The van der Waals surface area contributed by atoms with Crippen LogP contribution in [-0.2, 0) is 9.84 Å². The van der Waals surface area contributed by atoms with E-state index in [1.807, 2.05) is 0 Å². The van der Waals surface area contributed by atoms with Crippen LogP contribution < -0.4 is 0 Å². The Morgan fingerprint density at radius 2 is 2.00 bits per heavy atom. The van der Waals surface area contributed by atoms with Gasteiger partial charge in [0.1, 0.15) is 0 Å². The zero-order valence-electron chi connectivity index (χ0n) is 8.46. The fourth-order valence-electron chi connectivity index (χ4n) is 1.96. The number of rotatable bonds is 5. The van der Waals surface area contributed by atoms with Crippen LogP contribution in [0.1, 0.15) is 45.4 Å². The van der Waals surface area contributed by atoms with E-state index < -0.39 is 9.84 Å². The van der Waals surface area contributed by atoms with Crippen molar-refractivity contribution in [2.75, 3.05) is 11.5 Å². The van der Waals surface area contributed by atoms with Gasteiger partial charge in [-0.1, -0.05) is 32.6 Å². The second-order valence-electron chi connectivity index (χ2n) is 4.12. The first-order chi connectivity index (χ1) is 6.14. The molecule has 0 aliphatic carbocycles. The smallest absolute Gasteiger partial charge is 0.150 e. The van der Waals surface area contributed by atoms with Crippen LogP contribution in [0.4, 0.5) is 0 Å². The molecule has 1 aliphatic heterocycles.